The van der Waals surface area contributed by atoms with Gasteiger partial charge in [-0.2, -0.15) is 0 Å². The van der Waals surface area contributed by atoms with Crippen molar-refractivity contribution in [2.24, 2.45) is 4.99 Å². The molecule has 0 fully saturated rings. The molecule has 1 aromatic carbocycles. The smallest absolute Gasteiger partial charge is 0.154 e. The predicted octanol–water partition coefficient (Wildman–Crippen LogP) is 3.67. The molecule has 0 aliphatic rings. The maximum Gasteiger partial charge on any atom is 0.154 e. The van der Waals surface area contributed by atoms with Gasteiger partial charge in [-0.1, -0.05) is 42.5 Å². The third-order valence-electron chi connectivity index (χ3n) is 2.83. The van der Waals surface area contributed by atoms with Crippen molar-refractivity contribution in [2.45, 2.75) is 0 Å². The van der Waals surface area contributed by atoms with Gasteiger partial charge in [0.15, 0.2) is 5.82 Å². The van der Waals surface area contributed by atoms with E-state index in [-0.39, 0.29) is 0 Å². The Balaban J connectivity index is 1.97. The van der Waals surface area contributed by atoms with Crippen molar-refractivity contribution in [3.05, 3.63) is 84.7 Å². The first-order valence-corrected chi connectivity index (χ1v) is 6.65. The van der Waals surface area contributed by atoms with Crippen LogP contribution in [0.3, 0.4) is 0 Å². The Labute approximate surface area is 123 Å². The number of hydrogen-bond donors (Lipinski definition) is 1. The van der Waals surface area contributed by atoms with Gasteiger partial charge in [0.25, 0.3) is 0 Å². The van der Waals surface area contributed by atoms with Crippen molar-refractivity contribution >= 4 is 17.5 Å². The first-order valence-electron chi connectivity index (χ1n) is 6.65. The van der Waals surface area contributed by atoms with Gasteiger partial charge in [-0.05, 0) is 24.3 Å². The van der Waals surface area contributed by atoms with Gasteiger partial charge in [0.2, 0.25) is 0 Å². The lowest BCUT2D eigenvalue weighted by Crippen LogP contribution is -2.14. The van der Waals surface area contributed by atoms with Gasteiger partial charge in [-0.3, -0.25) is 0 Å². The third-order valence-corrected chi connectivity index (χ3v) is 2.83. The highest BCUT2D eigenvalue weighted by atomic mass is 15.1. The molecule has 0 atom stereocenters. The number of benzene rings is 1. The second kappa shape index (κ2) is 6.43. The van der Waals surface area contributed by atoms with Crippen LogP contribution >= 0.6 is 0 Å². The molecule has 4 nitrogen and oxygen atoms in total. The molecule has 0 saturated carbocycles. The molecule has 102 valence electrons. The molecular formula is C17H14N4. The Bertz CT molecular complexity index is 710. The Kier molecular flexibility index (Phi) is 3.98. The van der Waals surface area contributed by atoms with E-state index in [1.807, 2.05) is 66.7 Å². The summed E-state index contributed by atoms with van der Waals surface area (Å²) in [5.41, 5.74) is 0.980. The molecule has 0 spiro atoms. The van der Waals surface area contributed by atoms with Crippen molar-refractivity contribution in [1.82, 2.24) is 9.97 Å². The van der Waals surface area contributed by atoms with Crippen molar-refractivity contribution in [2.75, 3.05) is 5.32 Å². The molecular weight excluding hydrogens is 260 g/mol. The number of aliphatic imine (C=N–C) groups is 1. The number of nitrogens with one attached hydrogen (secondary N) is 1. The van der Waals surface area contributed by atoms with Gasteiger partial charge in [0, 0.05) is 18.0 Å². The molecule has 21 heavy (non-hydrogen) atoms. The number of hydrogen-bond acceptors (Lipinski definition) is 3. The molecule has 2 aromatic heterocycles. The summed E-state index contributed by atoms with van der Waals surface area (Å²) < 4.78 is 0. The van der Waals surface area contributed by atoms with Crippen molar-refractivity contribution in [3.8, 4) is 0 Å². The van der Waals surface area contributed by atoms with Gasteiger partial charge >= 0.3 is 0 Å². The highest BCUT2D eigenvalue weighted by Crippen LogP contribution is 2.12. The van der Waals surface area contributed by atoms with E-state index in [0.717, 1.165) is 11.4 Å². The van der Waals surface area contributed by atoms with Crippen molar-refractivity contribution in [1.29, 1.82) is 0 Å². The molecule has 0 radical (unpaired) electrons. The molecule has 1 N–H and O–H groups in total. The molecule has 0 unspecified atom stereocenters. The quantitative estimate of drug-likeness (QED) is 0.585. The Morgan fingerprint density at radius 3 is 2.14 bits per heavy atom. The second-order valence-electron chi connectivity index (χ2n) is 4.35. The maximum atomic E-state index is 4.58. The number of anilines is 1. The zero-order valence-corrected chi connectivity index (χ0v) is 11.3. The summed E-state index contributed by atoms with van der Waals surface area (Å²) in [6.07, 6.45) is 3.47. The first kappa shape index (κ1) is 13.0. The van der Waals surface area contributed by atoms with E-state index in [1.54, 1.807) is 12.4 Å². The average Bonchev–Trinajstić information content (AvgIpc) is 2.57. The second-order valence-corrected chi connectivity index (χ2v) is 4.35. The van der Waals surface area contributed by atoms with Crippen LogP contribution in [-0.2, 0) is 0 Å². The average molecular weight is 274 g/mol. The summed E-state index contributed by atoms with van der Waals surface area (Å²) in [4.78, 5) is 13.1. The van der Waals surface area contributed by atoms with E-state index < -0.39 is 0 Å². The zero-order chi connectivity index (χ0) is 14.3. The predicted molar refractivity (Wildman–Crippen MR) is 84.7 cm³/mol. The Morgan fingerprint density at radius 1 is 0.762 bits per heavy atom. The van der Waals surface area contributed by atoms with Crippen molar-refractivity contribution in [3.63, 3.8) is 0 Å². The van der Waals surface area contributed by atoms with Crippen LogP contribution in [-0.4, -0.2) is 15.8 Å². The molecule has 4 heteroatoms. The first-order chi connectivity index (χ1) is 10.4. The number of pyridine rings is 2. The van der Waals surface area contributed by atoms with Gasteiger partial charge in [-0.25, -0.2) is 15.0 Å². The number of amidine groups is 1. The largest absolute Gasteiger partial charge is 0.324 e. The van der Waals surface area contributed by atoms with Crippen LogP contribution in [0.5, 0.6) is 0 Å². The standard InChI is InChI=1S/C17H14N4/c1-2-8-14(9-3-1)17(20-15-10-4-6-12-18-15)21-16-11-5-7-13-19-16/h1-13H,(H,18,19,20,21). The van der Waals surface area contributed by atoms with Gasteiger partial charge in [0.1, 0.15) is 11.7 Å². The fourth-order valence-electron chi connectivity index (χ4n) is 1.85. The third kappa shape index (κ3) is 3.51. The van der Waals surface area contributed by atoms with Crippen LogP contribution in [0.2, 0.25) is 0 Å². The topological polar surface area (TPSA) is 50.2 Å². The molecule has 2 heterocycles. The van der Waals surface area contributed by atoms with Crippen LogP contribution in [0, 0.1) is 0 Å². The minimum atomic E-state index is 0.653. The van der Waals surface area contributed by atoms with Gasteiger partial charge in [0.05, 0.1) is 0 Å². The zero-order valence-electron chi connectivity index (χ0n) is 11.3. The minimum absolute atomic E-state index is 0.653. The molecule has 3 aromatic rings. The number of rotatable bonds is 3. The lowest BCUT2D eigenvalue weighted by molar-refractivity contribution is 1.26. The molecule has 0 bridgehead atoms. The lowest BCUT2D eigenvalue weighted by atomic mass is 10.2. The highest BCUT2D eigenvalue weighted by Gasteiger charge is 2.05. The van der Waals surface area contributed by atoms with Crippen LogP contribution in [0.25, 0.3) is 0 Å². The fourth-order valence-corrected chi connectivity index (χ4v) is 1.85. The van der Waals surface area contributed by atoms with Gasteiger partial charge in [-0.15, -0.1) is 0 Å². The van der Waals surface area contributed by atoms with Crippen LogP contribution in [0.15, 0.2) is 84.1 Å². The molecule has 3 rings (SSSR count). The van der Waals surface area contributed by atoms with Gasteiger partial charge < -0.3 is 5.32 Å². The summed E-state index contributed by atoms with van der Waals surface area (Å²) in [5, 5.41) is 3.24. The maximum absolute atomic E-state index is 4.58. The van der Waals surface area contributed by atoms with E-state index in [1.165, 1.54) is 0 Å². The molecule has 0 amide bonds. The van der Waals surface area contributed by atoms with Crippen LogP contribution in [0.1, 0.15) is 5.56 Å². The number of aromatic nitrogens is 2. The summed E-state index contributed by atoms with van der Waals surface area (Å²) in [5.74, 6) is 2.11. The van der Waals surface area contributed by atoms with Crippen molar-refractivity contribution < 1.29 is 0 Å². The van der Waals surface area contributed by atoms with E-state index in [9.17, 15) is 0 Å². The molecule has 0 saturated heterocycles. The molecule has 0 aliphatic heterocycles. The normalized spacial score (nSPS) is 11.1. The van der Waals surface area contributed by atoms with Crippen LogP contribution in [0.4, 0.5) is 11.6 Å². The summed E-state index contributed by atoms with van der Waals surface area (Å²) in [7, 11) is 0. The van der Waals surface area contributed by atoms with E-state index in [0.29, 0.717) is 11.7 Å². The van der Waals surface area contributed by atoms with E-state index >= 15 is 0 Å². The van der Waals surface area contributed by atoms with E-state index in [4.69, 9.17) is 0 Å². The monoisotopic (exact) mass is 274 g/mol. The van der Waals surface area contributed by atoms with E-state index in [2.05, 4.69) is 20.3 Å². The van der Waals surface area contributed by atoms with Crippen LogP contribution < -0.4 is 5.32 Å². The lowest BCUT2D eigenvalue weighted by Gasteiger charge is -2.09. The number of nitrogens with zero attached hydrogens (tertiary/aromatic N) is 3. The summed E-state index contributed by atoms with van der Waals surface area (Å²) in [6.45, 7) is 0. The Hall–Kier alpha value is -3.01. The fraction of sp³-hybridized carbons (Fsp3) is 0. The highest BCUT2D eigenvalue weighted by molar-refractivity contribution is 6.08. The summed E-state index contributed by atoms with van der Waals surface area (Å²) in [6, 6.07) is 21.3. The summed E-state index contributed by atoms with van der Waals surface area (Å²) >= 11 is 0. The minimum Gasteiger partial charge on any atom is -0.324 e. The molecule has 0 aliphatic carbocycles. The Morgan fingerprint density at radius 2 is 1.48 bits per heavy atom. The SMILES string of the molecule is c1ccc(/C(=N/c2ccccn2)Nc2ccccn2)cc1.